The largest absolute Gasteiger partial charge is 0.392 e. The molecule has 1 aliphatic carbocycles. The third kappa shape index (κ3) is 3.11. The molecule has 1 aliphatic rings. The standard InChI is InChI=1S/C10H21NO/c1-8(12)7-11-9(2)10-5-3-4-6-10/h8-12H,3-7H2,1-2H3/t8-,9+/m0/s1. The van der Waals surface area contributed by atoms with Crippen LogP contribution in [0.2, 0.25) is 0 Å². The molecule has 1 fully saturated rings. The number of aliphatic hydroxyl groups excluding tert-OH is 1. The van der Waals surface area contributed by atoms with Crippen LogP contribution in [0.3, 0.4) is 0 Å². The van der Waals surface area contributed by atoms with Crippen LogP contribution < -0.4 is 5.32 Å². The second-order valence-electron chi connectivity index (χ2n) is 4.09. The van der Waals surface area contributed by atoms with Crippen LogP contribution in [0, 0.1) is 5.92 Å². The fourth-order valence-electron chi connectivity index (χ4n) is 1.98. The van der Waals surface area contributed by atoms with E-state index in [0.717, 1.165) is 12.5 Å². The van der Waals surface area contributed by atoms with Crippen LogP contribution in [0.15, 0.2) is 0 Å². The maximum Gasteiger partial charge on any atom is 0.0636 e. The van der Waals surface area contributed by atoms with Gasteiger partial charge in [0.2, 0.25) is 0 Å². The maximum atomic E-state index is 9.08. The summed E-state index contributed by atoms with van der Waals surface area (Å²) in [5.41, 5.74) is 0. The highest BCUT2D eigenvalue weighted by molar-refractivity contribution is 4.77. The van der Waals surface area contributed by atoms with Crippen molar-refractivity contribution in [1.29, 1.82) is 0 Å². The Hall–Kier alpha value is -0.0800. The van der Waals surface area contributed by atoms with E-state index in [1.165, 1.54) is 25.7 Å². The number of hydrogen-bond acceptors (Lipinski definition) is 2. The summed E-state index contributed by atoms with van der Waals surface area (Å²) in [5, 5.41) is 12.5. The van der Waals surface area contributed by atoms with Gasteiger partial charge in [-0.3, -0.25) is 0 Å². The lowest BCUT2D eigenvalue weighted by molar-refractivity contribution is 0.181. The van der Waals surface area contributed by atoms with E-state index in [2.05, 4.69) is 12.2 Å². The molecule has 0 radical (unpaired) electrons. The summed E-state index contributed by atoms with van der Waals surface area (Å²) < 4.78 is 0. The van der Waals surface area contributed by atoms with Gasteiger partial charge in [0.15, 0.2) is 0 Å². The fourth-order valence-corrected chi connectivity index (χ4v) is 1.98. The van der Waals surface area contributed by atoms with Crippen molar-refractivity contribution in [3.8, 4) is 0 Å². The summed E-state index contributed by atoms with van der Waals surface area (Å²) in [7, 11) is 0. The van der Waals surface area contributed by atoms with Crippen molar-refractivity contribution in [1.82, 2.24) is 5.32 Å². The Balaban J connectivity index is 2.13. The van der Waals surface area contributed by atoms with Crippen molar-refractivity contribution in [2.45, 2.75) is 51.7 Å². The zero-order valence-electron chi connectivity index (χ0n) is 8.21. The summed E-state index contributed by atoms with van der Waals surface area (Å²) in [5.74, 6) is 0.851. The second-order valence-corrected chi connectivity index (χ2v) is 4.09. The fraction of sp³-hybridized carbons (Fsp3) is 1.00. The van der Waals surface area contributed by atoms with E-state index in [4.69, 9.17) is 5.11 Å². The van der Waals surface area contributed by atoms with Crippen LogP contribution >= 0.6 is 0 Å². The molecule has 2 N–H and O–H groups in total. The molecular formula is C10H21NO. The van der Waals surface area contributed by atoms with Crippen LogP contribution in [0.4, 0.5) is 0 Å². The predicted molar refractivity (Wildman–Crippen MR) is 51.1 cm³/mol. The van der Waals surface area contributed by atoms with E-state index in [0.29, 0.717) is 6.04 Å². The molecule has 0 aliphatic heterocycles. The molecular weight excluding hydrogens is 150 g/mol. The van der Waals surface area contributed by atoms with Gasteiger partial charge in [0.25, 0.3) is 0 Å². The number of hydrogen-bond donors (Lipinski definition) is 2. The lowest BCUT2D eigenvalue weighted by Gasteiger charge is -2.21. The zero-order chi connectivity index (χ0) is 8.97. The molecule has 2 nitrogen and oxygen atoms in total. The van der Waals surface area contributed by atoms with Crippen molar-refractivity contribution in [3.05, 3.63) is 0 Å². The summed E-state index contributed by atoms with van der Waals surface area (Å²) in [6.45, 7) is 4.80. The summed E-state index contributed by atoms with van der Waals surface area (Å²) in [4.78, 5) is 0. The molecule has 0 amide bonds. The first-order valence-corrected chi connectivity index (χ1v) is 5.11. The Morgan fingerprint density at radius 1 is 1.33 bits per heavy atom. The Kier molecular flexibility index (Phi) is 4.02. The predicted octanol–water partition coefficient (Wildman–Crippen LogP) is 1.54. The number of nitrogens with one attached hydrogen (secondary N) is 1. The van der Waals surface area contributed by atoms with Crippen molar-refractivity contribution in [2.24, 2.45) is 5.92 Å². The third-order valence-electron chi connectivity index (χ3n) is 2.84. The minimum Gasteiger partial charge on any atom is -0.392 e. The second kappa shape index (κ2) is 4.83. The van der Waals surface area contributed by atoms with Crippen LogP contribution in [0.1, 0.15) is 39.5 Å². The molecule has 0 unspecified atom stereocenters. The highest BCUT2D eigenvalue weighted by Crippen LogP contribution is 2.27. The van der Waals surface area contributed by atoms with Crippen molar-refractivity contribution in [3.63, 3.8) is 0 Å². The van der Waals surface area contributed by atoms with Gasteiger partial charge in [0.05, 0.1) is 6.10 Å². The Bertz CT molecular complexity index is 119. The van der Waals surface area contributed by atoms with Gasteiger partial charge in [-0.2, -0.15) is 0 Å². The summed E-state index contributed by atoms with van der Waals surface area (Å²) >= 11 is 0. The molecule has 2 heteroatoms. The normalized spacial score (nSPS) is 24.2. The smallest absolute Gasteiger partial charge is 0.0636 e. The lowest BCUT2D eigenvalue weighted by Crippen LogP contribution is -2.36. The quantitative estimate of drug-likeness (QED) is 0.672. The maximum absolute atomic E-state index is 9.08. The molecule has 0 aromatic rings. The molecule has 2 atom stereocenters. The Morgan fingerprint density at radius 2 is 1.92 bits per heavy atom. The topological polar surface area (TPSA) is 32.3 Å². The first kappa shape index (κ1) is 10.0. The Labute approximate surface area is 75.4 Å². The van der Waals surface area contributed by atoms with Gasteiger partial charge < -0.3 is 10.4 Å². The SMILES string of the molecule is C[C@H](O)CN[C@H](C)C1CCCC1. The first-order chi connectivity index (χ1) is 5.70. The molecule has 0 spiro atoms. The van der Waals surface area contributed by atoms with Gasteiger partial charge in [0.1, 0.15) is 0 Å². The molecule has 1 rings (SSSR count). The average Bonchev–Trinajstić information content (AvgIpc) is 2.51. The van der Waals surface area contributed by atoms with E-state index in [1.807, 2.05) is 6.92 Å². The molecule has 1 saturated carbocycles. The Morgan fingerprint density at radius 3 is 2.42 bits per heavy atom. The van der Waals surface area contributed by atoms with Crippen LogP contribution in [0.5, 0.6) is 0 Å². The zero-order valence-corrected chi connectivity index (χ0v) is 8.21. The minimum atomic E-state index is -0.214. The van der Waals surface area contributed by atoms with Crippen molar-refractivity contribution >= 4 is 0 Å². The van der Waals surface area contributed by atoms with Crippen molar-refractivity contribution in [2.75, 3.05) is 6.54 Å². The molecule has 0 aromatic heterocycles. The van der Waals surface area contributed by atoms with Gasteiger partial charge in [-0.05, 0) is 32.6 Å². The molecule has 72 valence electrons. The van der Waals surface area contributed by atoms with Gasteiger partial charge >= 0.3 is 0 Å². The number of aliphatic hydroxyl groups is 1. The third-order valence-corrected chi connectivity index (χ3v) is 2.84. The lowest BCUT2D eigenvalue weighted by atomic mass is 10.00. The van der Waals surface area contributed by atoms with E-state index in [9.17, 15) is 0 Å². The van der Waals surface area contributed by atoms with Crippen LogP contribution in [-0.4, -0.2) is 23.8 Å². The molecule has 0 saturated heterocycles. The van der Waals surface area contributed by atoms with Gasteiger partial charge in [-0.15, -0.1) is 0 Å². The highest BCUT2D eigenvalue weighted by atomic mass is 16.3. The van der Waals surface area contributed by atoms with Gasteiger partial charge in [0, 0.05) is 12.6 Å². The van der Waals surface area contributed by atoms with E-state index >= 15 is 0 Å². The average molecular weight is 171 g/mol. The number of rotatable bonds is 4. The minimum absolute atomic E-state index is 0.214. The van der Waals surface area contributed by atoms with Gasteiger partial charge in [-0.25, -0.2) is 0 Å². The van der Waals surface area contributed by atoms with E-state index in [-0.39, 0.29) is 6.10 Å². The summed E-state index contributed by atoms with van der Waals surface area (Å²) in [6, 6.07) is 0.585. The molecule has 0 aromatic carbocycles. The molecule has 0 bridgehead atoms. The van der Waals surface area contributed by atoms with Gasteiger partial charge in [-0.1, -0.05) is 12.8 Å². The highest BCUT2D eigenvalue weighted by Gasteiger charge is 2.20. The molecule has 12 heavy (non-hydrogen) atoms. The van der Waals surface area contributed by atoms with Crippen molar-refractivity contribution < 1.29 is 5.11 Å². The summed E-state index contributed by atoms with van der Waals surface area (Å²) in [6.07, 6.45) is 5.31. The monoisotopic (exact) mass is 171 g/mol. The first-order valence-electron chi connectivity index (χ1n) is 5.11. The van der Waals surface area contributed by atoms with E-state index < -0.39 is 0 Å². The van der Waals surface area contributed by atoms with Crippen LogP contribution in [0.25, 0.3) is 0 Å². The van der Waals surface area contributed by atoms with E-state index in [1.54, 1.807) is 0 Å². The van der Waals surface area contributed by atoms with Crippen LogP contribution in [-0.2, 0) is 0 Å². The molecule has 0 heterocycles.